The molecule has 0 aromatic rings. The fraction of sp³-hybridized carbons (Fsp3) is 0.750. The molecule has 0 fully saturated rings. The molecular weight excluding hydrogens is 96.0 g/mol. The smallest absolute Gasteiger partial charge is 0.302 e. The lowest BCUT2D eigenvalue weighted by Crippen LogP contribution is -1.88. The van der Waals surface area contributed by atoms with Gasteiger partial charge in [0.25, 0.3) is 0 Å². The van der Waals surface area contributed by atoms with Crippen molar-refractivity contribution < 1.29 is 16.4 Å². The van der Waals surface area contributed by atoms with Crippen molar-refractivity contribution in [2.24, 2.45) is 0 Å². The summed E-state index contributed by atoms with van der Waals surface area (Å²) >= 11 is 0. The number of rotatable bonds is 0. The maximum atomic E-state index is 9.59. The average molecular weight is 109 g/mol. The van der Waals surface area contributed by atoms with Crippen LogP contribution in [0.4, 0.5) is 0 Å². The Hall–Kier alpha value is -0.570. The summed E-state index contributed by atoms with van der Waals surface area (Å²) < 4.78 is 8.86. The molecule has 0 aromatic heterocycles. The third-order valence-electron chi connectivity index (χ3n) is 0.287. The van der Waals surface area contributed by atoms with Crippen molar-refractivity contribution in [3.8, 4) is 0 Å². The van der Waals surface area contributed by atoms with Crippen LogP contribution in [0.15, 0.2) is 0 Å². The van der Waals surface area contributed by atoms with Crippen molar-refractivity contribution in [1.82, 2.24) is 0 Å². The van der Waals surface area contributed by atoms with E-state index in [4.69, 9.17) is 6.91 Å². The first-order valence-corrected chi connectivity index (χ1v) is 1.32. The zero-order valence-electron chi connectivity index (χ0n) is 4.76. The van der Waals surface area contributed by atoms with E-state index < -0.39 is 0 Å². The molecule has 0 heterocycles. The van der Waals surface area contributed by atoms with Gasteiger partial charge >= 0.3 is 5.97 Å². The summed E-state index contributed by atoms with van der Waals surface area (Å²) in [6.07, 6.45) is 0. The lowest BCUT2D eigenvalue weighted by molar-refractivity contribution is -0.137. The van der Waals surface area contributed by atoms with Crippen LogP contribution in [0.5, 0.6) is 0 Å². The van der Waals surface area contributed by atoms with E-state index in [-0.39, 0.29) is 13.4 Å². The molecule has 0 aliphatic rings. The van der Waals surface area contributed by atoms with Crippen LogP contribution in [0.2, 0.25) is 0 Å². The Kier molecular flexibility index (Phi) is 12.5. The number of hydrogen-bond donors (Lipinski definition) is 0. The Morgan fingerprint density at radius 3 is 2.00 bits per heavy atom. The maximum Gasteiger partial charge on any atom is 0.302 e. The third-order valence-corrected chi connectivity index (χ3v) is 0.287. The summed E-state index contributed by atoms with van der Waals surface area (Å²) in [6, 6.07) is 0. The van der Waals surface area contributed by atoms with Crippen LogP contribution >= 0.6 is 0 Å². The van der Waals surface area contributed by atoms with Gasteiger partial charge in [0.15, 0.2) is 0 Å². The summed E-state index contributed by atoms with van der Waals surface area (Å²) in [5.41, 5.74) is 6.25. The van der Waals surface area contributed by atoms with Crippen molar-refractivity contribution in [3.05, 3.63) is 0 Å². The van der Waals surface area contributed by atoms with Crippen LogP contribution < -0.4 is 0 Å². The molecule has 0 rings (SSSR count). The van der Waals surface area contributed by atoms with E-state index >= 15 is 0 Å². The highest BCUT2D eigenvalue weighted by atomic mass is 16.5. The number of carbonyl (C=O) groups is 1. The van der Waals surface area contributed by atoms with Gasteiger partial charge in [-0.25, -0.2) is 0 Å². The van der Waals surface area contributed by atoms with Gasteiger partial charge in [-0.2, -0.15) is 0 Å². The van der Waals surface area contributed by atoms with E-state index in [1.54, 1.807) is 0 Å². The van der Waals surface area contributed by atoms with E-state index in [0.29, 0.717) is 0 Å². The van der Waals surface area contributed by atoms with Crippen molar-refractivity contribution >= 4 is 5.97 Å². The predicted octanol–water partition coefficient (Wildman–Crippen LogP) is -0.00930. The van der Waals surface area contributed by atoms with Crippen LogP contribution in [0.1, 0.15) is 15.8 Å². The Morgan fingerprint density at radius 1 is 1.86 bits per heavy atom. The van der Waals surface area contributed by atoms with Crippen LogP contribution in [0.25, 0.3) is 0 Å². The normalized spacial score (nSPS) is 5.86. The van der Waals surface area contributed by atoms with Crippen molar-refractivity contribution in [1.29, 1.82) is 0 Å². The monoisotopic (exact) mass is 109 g/mol. The van der Waals surface area contributed by atoms with Gasteiger partial charge in [0.05, 0.1) is 7.11 Å². The molecule has 0 aromatic carbocycles. The second-order valence-electron chi connectivity index (χ2n) is 0.696. The molecule has 3 heteroatoms. The fourth-order valence-electron chi connectivity index (χ4n) is 0. The number of hydrogen-bond acceptors (Lipinski definition) is 2. The molecular formula is C4H12O3. The molecule has 0 amide bonds. The first-order chi connectivity index (χ1) is 3.27. The second-order valence-corrected chi connectivity index (χ2v) is 0.696. The number of esters is 1. The van der Waals surface area contributed by atoms with E-state index in [1.165, 1.54) is 14.0 Å². The molecule has 2 N–H and O–H groups in total. The fourth-order valence-corrected chi connectivity index (χ4v) is 0. The molecule has 46 valence electrons. The molecule has 0 radical (unpaired) electrons. The van der Waals surface area contributed by atoms with Crippen LogP contribution in [0, 0.1) is 0 Å². The highest BCUT2D eigenvalue weighted by molar-refractivity contribution is 5.65. The SMILES string of the molecule is C.COC(C)=O.[2H]O. The third kappa shape index (κ3) is 31.2. The lowest BCUT2D eigenvalue weighted by Gasteiger charge is -1.80. The van der Waals surface area contributed by atoms with Gasteiger partial charge in [-0.05, 0) is 0 Å². The summed E-state index contributed by atoms with van der Waals surface area (Å²) in [4.78, 5) is 9.59. The Bertz CT molecular complexity index is 46.5. The minimum Gasteiger partial charge on any atom is -0.469 e. The summed E-state index contributed by atoms with van der Waals surface area (Å²) in [7, 11) is 1.35. The molecule has 0 spiro atoms. The number of ether oxygens (including phenoxy) is 1. The first kappa shape index (κ1) is 9.66. The topological polar surface area (TPSA) is 57.8 Å². The Labute approximate surface area is 45.1 Å². The van der Waals surface area contributed by atoms with E-state index in [2.05, 4.69) is 4.74 Å². The Morgan fingerprint density at radius 2 is 2.00 bits per heavy atom. The highest BCUT2D eigenvalue weighted by Crippen LogP contribution is 1.60. The second kappa shape index (κ2) is 9.06. The van der Waals surface area contributed by atoms with Crippen LogP contribution in [-0.2, 0) is 9.53 Å². The largest absolute Gasteiger partial charge is 0.469 e. The molecule has 3 nitrogen and oxygen atoms in total. The van der Waals surface area contributed by atoms with Crippen LogP contribution in [-0.4, -0.2) is 18.6 Å². The maximum absolute atomic E-state index is 9.59. The average Bonchev–Trinajstić information content (AvgIpc) is 1.73. The molecule has 0 unspecified atom stereocenters. The van der Waals surface area contributed by atoms with Crippen molar-refractivity contribution in [2.75, 3.05) is 7.11 Å². The quantitative estimate of drug-likeness (QED) is 0.411. The van der Waals surface area contributed by atoms with Gasteiger partial charge in [0.2, 0.25) is 1.43 Å². The van der Waals surface area contributed by atoms with Gasteiger partial charge in [-0.3, -0.25) is 4.79 Å². The minimum absolute atomic E-state index is 0. The predicted molar refractivity (Wildman–Crippen MR) is 28.0 cm³/mol. The van der Waals surface area contributed by atoms with E-state index in [1.807, 2.05) is 0 Å². The van der Waals surface area contributed by atoms with Gasteiger partial charge < -0.3 is 10.2 Å². The molecule has 0 saturated heterocycles. The number of methoxy groups -OCH3 is 1. The zero-order valence-corrected chi connectivity index (χ0v) is 3.76. The zero-order chi connectivity index (χ0) is 6.28. The minimum atomic E-state index is -0.245. The van der Waals surface area contributed by atoms with Gasteiger partial charge in [0.1, 0.15) is 0 Å². The molecule has 0 aliphatic heterocycles. The lowest BCUT2D eigenvalue weighted by atomic mass is 10.8. The van der Waals surface area contributed by atoms with Crippen molar-refractivity contribution in [2.45, 2.75) is 14.4 Å². The number of carbonyl (C=O) groups excluding carboxylic acids is 1. The van der Waals surface area contributed by atoms with Crippen LogP contribution in [0.3, 0.4) is 0 Å². The molecule has 7 heavy (non-hydrogen) atoms. The summed E-state index contributed by atoms with van der Waals surface area (Å²) in [5, 5.41) is 0. The Balaban J connectivity index is -0.0000000750. The molecule has 0 aliphatic carbocycles. The molecule has 0 saturated carbocycles. The van der Waals surface area contributed by atoms with E-state index in [0.717, 1.165) is 0 Å². The van der Waals surface area contributed by atoms with Gasteiger partial charge in [0, 0.05) is 6.92 Å². The van der Waals surface area contributed by atoms with Gasteiger partial charge in [-0.1, -0.05) is 7.43 Å². The van der Waals surface area contributed by atoms with E-state index in [9.17, 15) is 4.79 Å². The first-order valence-electron chi connectivity index (χ1n) is 1.76. The highest BCUT2D eigenvalue weighted by Gasteiger charge is 1.75. The summed E-state index contributed by atoms with van der Waals surface area (Å²) in [6.45, 7) is 1.36. The van der Waals surface area contributed by atoms with Gasteiger partial charge in [-0.15, -0.1) is 0 Å². The molecule has 0 atom stereocenters. The van der Waals surface area contributed by atoms with Crippen molar-refractivity contribution in [3.63, 3.8) is 0 Å². The summed E-state index contributed by atoms with van der Waals surface area (Å²) in [5.74, 6) is -0.245. The standard InChI is InChI=1S/C3H6O2.CH4.H2O/c1-3(4)5-2;;/h1-2H3;1H4;1H2/i/hD. The molecule has 0 bridgehead atoms.